The molecule has 0 aliphatic carbocycles. The lowest BCUT2D eigenvalue weighted by molar-refractivity contribution is -0.152. The van der Waals surface area contributed by atoms with Crippen LogP contribution in [0.15, 0.2) is 54.6 Å². The number of esters is 2. The summed E-state index contributed by atoms with van der Waals surface area (Å²) in [6.45, 7) is 5.63. The minimum Gasteiger partial charge on any atom is -0.456 e. The third-order valence-corrected chi connectivity index (χ3v) is 5.36. The van der Waals surface area contributed by atoms with Crippen molar-refractivity contribution < 1.29 is 28.6 Å². The monoisotopic (exact) mass is 553 g/mol. The second-order valence-corrected chi connectivity index (χ2v) is 7.93. The Morgan fingerprint density at radius 2 is 1.62 bits per heavy atom. The van der Waals surface area contributed by atoms with Gasteiger partial charge in [0.2, 0.25) is 0 Å². The van der Waals surface area contributed by atoms with Crippen molar-refractivity contribution in [3.05, 3.63) is 71.3 Å². The number of carbonyl (C=O) groups is 3. The van der Waals surface area contributed by atoms with Crippen LogP contribution in [0.2, 0.25) is 0 Å². The molecule has 7 nitrogen and oxygen atoms in total. The van der Waals surface area contributed by atoms with E-state index in [9.17, 15) is 14.4 Å². The lowest BCUT2D eigenvalue weighted by atomic mass is 9.99. The van der Waals surface area contributed by atoms with E-state index >= 15 is 0 Å². The van der Waals surface area contributed by atoms with Gasteiger partial charge < -0.3 is 19.5 Å². The molecule has 1 unspecified atom stereocenters. The molecule has 0 aliphatic rings. The van der Waals surface area contributed by atoms with E-state index in [2.05, 4.69) is 5.32 Å². The number of amides is 1. The summed E-state index contributed by atoms with van der Waals surface area (Å²) in [6.07, 6.45) is -0.575. The van der Waals surface area contributed by atoms with Crippen LogP contribution in [-0.2, 0) is 25.6 Å². The minimum absolute atomic E-state index is 0.109. The Kier molecular flexibility index (Phi) is 10.5. The standard InChI is InChI=1S/C24H28INO6/c1-4-16(2)21(26-24(29)30-14-18-8-6-5-7-9-18)23(28)32-17(3)19-10-12-20(13-11-19)22(27)31-15-25/h5-13,16-17,21H,4,14-15H2,1-3H3,(H,26,29)/t16-,17?,21-/m0/s1. The quantitative estimate of drug-likeness (QED) is 0.189. The van der Waals surface area contributed by atoms with E-state index in [1.165, 1.54) is 0 Å². The highest BCUT2D eigenvalue weighted by molar-refractivity contribution is 14.1. The van der Waals surface area contributed by atoms with Crippen LogP contribution in [0, 0.1) is 5.92 Å². The number of alkyl halides is 1. The Bertz CT molecular complexity index is 887. The molecule has 3 atom stereocenters. The molecule has 0 spiro atoms. The van der Waals surface area contributed by atoms with E-state index < -0.39 is 30.2 Å². The maximum atomic E-state index is 12.8. The summed E-state index contributed by atoms with van der Waals surface area (Å²) in [4.78, 5) is 36.9. The fourth-order valence-corrected chi connectivity index (χ4v) is 3.18. The smallest absolute Gasteiger partial charge is 0.408 e. The zero-order valence-corrected chi connectivity index (χ0v) is 20.5. The highest BCUT2D eigenvalue weighted by Gasteiger charge is 2.29. The van der Waals surface area contributed by atoms with Gasteiger partial charge in [0, 0.05) is 0 Å². The fraction of sp³-hybridized carbons (Fsp3) is 0.375. The number of hydrogen-bond donors (Lipinski definition) is 1. The van der Waals surface area contributed by atoms with Gasteiger partial charge in [-0.15, -0.1) is 0 Å². The molecule has 1 N–H and O–H groups in total. The van der Waals surface area contributed by atoms with Gasteiger partial charge in [0.25, 0.3) is 0 Å². The Labute approximate surface area is 202 Å². The number of nitrogens with one attached hydrogen (secondary N) is 1. The first-order valence-electron chi connectivity index (χ1n) is 10.4. The Hall–Kier alpha value is -2.62. The third-order valence-electron chi connectivity index (χ3n) is 5.05. The minimum atomic E-state index is -0.844. The van der Waals surface area contributed by atoms with Crippen molar-refractivity contribution in [1.82, 2.24) is 5.32 Å². The molecule has 0 aliphatic heterocycles. The van der Waals surface area contributed by atoms with Gasteiger partial charge in [0.1, 0.15) is 23.4 Å². The zero-order valence-electron chi connectivity index (χ0n) is 18.4. The Morgan fingerprint density at radius 3 is 2.22 bits per heavy atom. The lowest BCUT2D eigenvalue weighted by Gasteiger charge is -2.24. The molecule has 172 valence electrons. The van der Waals surface area contributed by atoms with Crippen molar-refractivity contribution in [3.8, 4) is 0 Å². The predicted octanol–water partition coefficient (Wildman–Crippen LogP) is 5.18. The van der Waals surface area contributed by atoms with Gasteiger partial charge in [-0.1, -0.05) is 62.7 Å². The highest BCUT2D eigenvalue weighted by Crippen LogP contribution is 2.20. The van der Waals surface area contributed by atoms with Gasteiger partial charge in [-0.3, -0.25) is 0 Å². The van der Waals surface area contributed by atoms with Crippen LogP contribution in [0.4, 0.5) is 4.79 Å². The second-order valence-electron chi connectivity index (χ2n) is 7.31. The number of benzene rings is 2. The molecule has 8 heteroatoms. The molecule has 1 amide bonds. The summed E-state index contributed by atoms with van der Waals surface area (Å²) >= 11 is 1.95. The molecule has 32 heavy (non-hydrogen) atoms. The summed E-state index contributed by atoms with van der Waals surface area (Å²) in [7, 11) is 0. The van der Waals surface area contributed by atoms with Crippen LogP contribution >= 0.6 is 22.6 Å². The van der Waals surface area contributed by atoms with Crippen molar-refractivity contribution >= 4 is 40.6 Å². The van der Waals surface area contributed by atoms with E-state index in [1.54, 1.807) is 31.2 Å². The van der Waals surface area contributed by atoms with Crippen LogP contribution in [0.3, 0.4) is 0 Å². The van der Waals surface area contributed by atoms with Crippen molar-refractivity contribution in [2.45, 2.75) is 45.9 Å². The highest BCUT2D eigenvalue weighted by atomic mass is 127. The normalized spacial score (nSPS) is 13.4. The number of ether oxygens (including phenoxy) is 3. The van der Waals surface area contributed by atoms with Crippen molar-refractivity contribution in [1.29, 1.82) is 0 Å². The second kappa shape index (κ2) is 13.0. The molecule has 0 radical (unpaired) electrons. The van der Waals surface area contributed by atoms with Crippen molar-refractivity contribution in [3.63, 3.8) is 0 Å². The number of halogens is 1. The van der Waals surface area contributed by atoms with Gasteiger partial charge in [0.15, 0.2) is 0 Å². The molecular formula is C24H28INO6. The molecule has 0 heterocycles. The van der Waals surface area contributed by atoms with Gasteiger partial charge in [-0.2, -0.15) is 0 Å². The summed E-state index contributed by atoms with van der Waals surface area (Å²) in [5, 5.41) is 2.64. The van der Waals surface area contributed by atoms with Crippen LogP contribution in [-0.4, -0.2) is 28.7 Å². The van der Waals surface area contributed by atoms with Gasteiger partial charge >= 0.3 is 18.0 Å². The summed E-state index contributed by atoms with van der Waals surface area (Å²) in [6, 6.07) is 15.1. The number of hydrogen-bond acceptors (Lipinski definition) is 6. The van der Waals surface area contributed by atoms with E-state index in [0.717, 1.165) is 11.1 Å². The maximum Gasteiger partial charge on any atom is 0.408 e. The Morgan fingerprint density at radius 1 is 0.969 bits per heavy atom. The Balaban J connectivity index is 1.97. The fourth-order valence-electron chi connectivity index (χ4n) is 2.90. The average molecular weight is 553 g/mol. The van der Waals surface area contributed by atoms with E-state index in [4.69, 9.17) is 14.2 Å². The zero-order chi connectivity index (χ0) is 23.5. The van der Waals surface area contributed by atoms with Gasteiger partial charge in [-0.05, 0) is 58.7 Å². The molecule has 0 aromatic heterocycles. The molecular weight excluding hydrogens is 525 g/mol. The number of carbonyl (C=O) groups excluding carboxylic acids is 3. The summed E-state index contributed by atoms with van der Waals surface area (Å²) in [5.74, 6) is -1.10. The molecule has 2 aromatic carbocycles. The molecule has 0 fully saturated rings. The van der Waals surface area contributed by atoms with E-state index in [1.807, 2.05) is 66.8 Å². The molecule has 0 saturated heterocycles. The SMILES string of the molecule is CC[C@H](C)[C@H](NC(=O)OCc1ccccc1)C(=O)OC(C)c1ccc(C(=O)OCI)cc1. The van der Waals surface area contributed by atoms with Crippen molar-refractivity contribution in [2.24, 2.45) is 5.92 Å². The average Bonchev–Trinajstić information content (AvgIpc) is 2.81. The van der Waals surface area contributed by atoms with Crippen LogP contribution in [0.1, 0.15) is 54.8 Å². The first-order valence-corrected chi connectivity index (χ1v) is 11.9. The lowest BCUT2D eigenvalue weighted by Crippen LogP contribution is -2.46. The predicted molar refractivity (Wildman–Crippen MR) is 128 cm³/mol. The molecule has 2 rings (SSSR count). The largest absolute Gasteiger partial charge is 0.456 e. The third kappa shape index (κ3) is 7.81. The maximum absolute atomic E-state index is 12.8. The van der Waals surface area contributed by atoms with Gasteiger partial charge in [-0.25, -0.2) is 14.4 Å². The summed E-state index contributed by atoms with van der Waals surface area (Å²) < 4.78 is 16.1. The number of alkyl carbamates (subject to hydrolysis) is 1. The topological polar surface area (TPSA) is 90.9 Å². The van der Waals surface area contributed by atoms with Gasteiger partial charge in [0.05, 0.1) is 5.56 Å². The molecule has 0 bridgehead atoms. The van der Waals surface area contributed by atoms with Crippen LogP contribution in [0.25, 0.3) is 0 Å². The summed E-state index contributed by atoms with van der Waals surface area (Å²) in [5.41, 5.74) is 1.99. The van der Waals surface area contributed by atoms with Crippen LogP contribution < -0.4 is 5.32 Å². The number of rotatable bonds is 10. The first kappa shape index (κ1) is 25.6. The van der Waals surface area contributed by atoms with Crippen LogP contribution in [0.5, 0.6) is 0 Å². The van der Waals surface area contributed by atoms with E-state index in [0.29, 0.717) is 12.0 Å². The van der Waals surface area contributed by atoms with Crippen molar-refractivity contribution in [2.75, 3.05) is 4.61 Å². The molecule has 0 saturated carbocycles. The molecule has 2 aromatic rings. The van der Waals surface area contributed by atoms with E-state index in [-0.39, 0.29) is 17.1 Å². The first-order chi connectivity index (χ1) is 15.3.